The number of benzene rings is 1. The van der Waals surface area contributed by atoms with E-state index in [0.29, 0.717) is 28.6 Å². The molecule has 1 unspecified atom stereocenters. The normalized spacial score (nSPS) is 16.1. The van der Waals surface area contributed by atoms with E-state index >= 15 is 0 Å². The Bertz CT molecular complexity index is 1400. The summed E-state index contributed by atoms with van der Waals surface area (Å²) in [5.41, 5.74) is 2.16. The minimum absolute atomic E-state index is 0.0221. The van der Waals surface area contributed by atoms with Crippen LogP contribution in [-0.2, 0) is 18.6 Å². The maximum Gasteiger partial charge on any atom is 0.267 e. The summed E-state index contributed by atoms with van der Waals surface area (Å²) in [6.45, 7) is 8.68. The van der Waals surface area contributed by atoms with E-state index in [1.165, 1.54) is 22.2 Å². The molecule has 5 rings (SSSR count). The van der Waals surface area contributed by atoms with Crippen LogP contribution in [0.1, 0.15) is 49.4 Å². The van der Waals surface area contributed by atoms with Crippen LogP contribution in [0.4, 0.5) is 0 Å². The number of ether oxygens (including phenoxy) is 1. The van der Waals surface area contributed by atoms with Gasteiger partial charge in [-0.15, -0.1) is 21.5 Å². The molecule has 0 saturated carbocycles. The monoisotopic (exact) mass is 496 g/mol. The number of rotatable bonds is 5. The predicted octanol–water partition coefficient (Wildman–Crippen LogP) is 5.59. The minimum Gasteiger partial charge on any atom is -0.497 e. The number of aryl methyl sites for hydroxylation is 2. The molecule has 0 spiro atoms. The van der Waals surface area contributed by atoms with Crippen molar-refractivity contribution in [3.05, 3.63) is 56.8 Å². The van der Waals surface area contributed by atoms with Crippen molar-refractivity contribution in [3.8, 4) is 11.4 Å². The van der Waals surface area contributed by atoms with Crippen molar-refractivity contribution in [1.29, 1.82) is 0 Å². The molecule has 7 nitrogen and oxygen atoms in total. The molecular formula is C25H28N4O3S2. The summed E-state index contributed by atoms with van der Waals surface area (Å²) in [6.07, 6.45) is 3.02. The fourth-order valence-corrected chi connectivity index (χ4v) is 6.71. The predicted molar refractivity (Wildman–Crippen MR) is 135 cm³/mol. The molecule has 0 radical (unpaired) electrons. The maximum atomic E-state index is 14.0. The van der Waals surface area contributed by atoms with E-state index in [-0.39, 0.29) is 11.0 Å². The number of hydrogen-bond donors (Lipinski definition) is 0. The third kappa shape index (κ3) is 4.27. The average Bonchev–Trinajstić information content (AvgIpc) is 3.39. The third-order valence-electron chi connectivity index (χ3n) is 6.50. The number of fused-ring (bicyclic) bond motifs is 3. The zero-order valence-electron chi connectivity index (χ0n) is 20.0. The molecule has 9 heteroatoms. The van der Waals surface area contributed by atoms with E-state index in [1.54, 1.807) is 29.9 Å². The van der Waals surface area contributed by atoms with Crippen molar-refractivity contribution in [2.24, 2.45) is 11.3 Å². The van der Waals surface area contributed by atoms with Crippen LogP contribution in [0, 0.1) is 18.3 Å². The Hall–Kier alpha value is -2.65. The molecule has 3 heterocycles. The van der Waals surface area contributed by atoms with E-state index in [4.69, 9.17) is 14.1 Å². The molecule has 0 aliphatic heterocycles. The van der Waals surface area contributed by atoms with E-state index in [2.05, 4.69) is 31.0 Å². The fourth-order valence-electron chi connectivity index (χ4n) is 4.52. The number of thiophene rings is 1. The van der Waals surface area contributed by atoms with Gasteiger partial charge in [0.05, 0.1) is 23.9 Å². The Labute approximate surface area is 206 Å². The number of methoxy groups -OCH3 is 1. The molecule has 1 aliphatic rings. The van der Waals surface area contributed by atoms with Gasteiger partial charge in [-0.25, -0.2) is 4.98 Å². The summed E-state index contributed by atoms with van der Waals surface area (Å²) in [6, 6.07) is 7.50. The van der Waals surface area contributed by atoms with Crippen LogP contribution in [-0.4, -0.2) is 26.9 Å². The zero-order valence-corrected chi connectivity index (χ0v) is 21.7. The average molecular weight is 497 g/mol. The third-order valence-corrected chi connectivity index (χ3v) is 8.57. The van der Waals surface area contributed by atoms with Gasteiger partial charge in [0.15, 0.2) is 5.16 Å². The van der Waals surface area contributed by atoms with Crippen molar-refractivity contribution in [2.45, 2.75) is 57.9 Å². The van der Waals surface area contributed by atoms with Gasteiger partial charge >= 0.3 is 0 Å². The Kier molecular flexibility index (Phi) is 6.02. The van der Waals surface area contributed by atoms with Gasteiger partial charge < -0.3 is 9.15 Å². The van der Waals surface area contributed by atoms with Crippen molar-refractivity contribution in [3.63, 3.8) is 0 Å². The summed E-state index contributed by atoms with van der Waals surface area (Å²) < 4.78 is 12.6. The van der Waals surface area contributed by atoms with E-state index in [0.717, 1.165) is 40.9 Å². The van der Waals surface area contributed by atoms with Crippen LogP contribution >= 0.6 is 23.1 Å². The summed E-state index contributed by atoms with van der Waals surface area (Å²) in [4.78, 5) is 21.1. The second-order valence-electron chi connectivity index (χ2n) is 9.73. The molecule has 3 aromatic heterocycles. The van der Waals surface area contributed by atoms with Gasteiger partial charge in [0.1, 0.15) is 10.6 Å². The first-order valence-corrected chi connectivity index (χ1v) is 13.2. The quantitative estimate of drug-likeness (QED) is 0.263. The molecule has 34 heavy (non-hydrogen) atoms. The van der Waals surface area contributed by atoms with Gasteiger partial charge in [0.2, 0.25) is 11.8 Å². The summed E-state index contributed by atoms with van der Waals surface area (Å²) in [5, 5.41) is 9.37. The van der Waals surface area contributed by atoms with Gasteiger partial charge in [-0.1, -0.05) is 32.5 Å². The Balaban J connectivity index is 1.63. The number of thioether (sulfide) groups is 1. The topological polar surface area (TPSA) is 83.0 Å². The molecule has 0 saturated heterocycles. The van der Waals surface area contributed by atoms with Crippen molar-refractivity contribution < 1.29 is 9.15 Å². The molecule has 1 atom stereocenters. The Morgan fingerprint density at radius 3 is 2.65 bits per heavy atom. The van der Waals surface area contributed by atoms with Gasteiger partial charge in [-0.2, -0.15) is 0 Å². The smallest absolute Gasteiger partial charge is 0.267 e. The highest BCUT2D eigenvalue weighted by Crippen LogP contribution is 2.42. The number of aromatic nitrogens is 4. The SMILES string of the molecule is COc1ccc(-n2c(SCc3nnc(C)o3)nc3sc4c(c3c2=O)CCC(C(C)(C)C)C4)cc1. The van der Waals surface area contributed by atoms with E-state index < -0.39 is 0 Å². The first-order chi connectivity index (χ1) is 16.2. The minimum atomic E-state index is -0.0221. The van der Waals surface area contributed by atoms with Crippen LogP contribution in [0.25, 0.3) is 15.9 Å². The lowest BCUT2D eigenvalue weighted by molar-refractivity contribution is 0.218. The first kappa shape index (κ1) is 23.1. The Morgan fingerprint density at radius 2 is 2.00 bits per heavy atom. The van der Waals surface area contributed by atoms with Crippen LogP contribution in [0.3, 0.4) is 0 Å². The van der Waals surface area contributed by atoms with E-state index in [1.807, 2.05) is 24.3 Å². The van der Waals surface area contributed by atoms with Crippen LogP contribution in [0.2, 0.25) is 0 Å². The van der Waals surface area contributed by atoms with Crippen molar-refractivity contribution >= 4 is 33.3 Å². The van der Waals surface area contributed by atoms with Crippen LogP contribution in [0.5, 0.6) is 5.75 Å². The van der Waals surface area contributed by atoms with Crippen molar-refractivity contribution in [2.75, 3.05) is 7.11 Å². The van der Waals surface area contributed by atoms with Gasteiger partial charge in [-0.3, -0.25) is 9.36 Å². The number of hydrogen-bond acceptors (Lipinski definition) is 8. The van der Waals surface area contributed by atoms with E-state index in [9.17, 15) is 4.79 Å². The molecule has 0 fully saturated rings. The van der Waals surface area contributed by atoms with Gasteiger partial charge in [0.25, 0.3) is 5.56 Å². The zero-order chi connectivity index (χ0) is 24.0. The molecule has 0 amide bonds. The number of nitrogens with zero attached hydrogens (tertiary/aromatic N) is 4. The summed E-state index contributed by atoms with van der Waals surface area (Å²) in [5.74, 6) is 2.81. The molecule has 0 N–H and O–H groups in total. The lowest BCUT2D eigenvalue weighted by Gasteiger charge is -2.33. The molecule has 1 aliphatic carbocycles. The summed E-state index contributed by atoms with van der Waals surface area (Å²) in [7, 11) is 1.63. The second-order valence-corrected chi connectivity index (χ2v) is 11.8. The molecule has 4 aromatic rings. The molecular weight excluding hydrogens is 468 g/mol. The van der Waals surface area contributed by atoms with Gasteiger partial charge in [-0.05, 0) is 60.4 Å². The molecule has 0 bridgehead atoms. The maximum absolute atomic E-state index is 14.0. The van der Waals surface area contributed by atoms with Gasteiger partial charge in [0, 0.05) is 11.8 Å². The highest BCUT2D eigenvalue weighted by Gasteiger charge is 2.32. The van der Waals surface area contributed by atoms with Crippen molar-refractivity contribution in [1.82, 2.24) is 19.7 Å². The molecule has 1 aromatic carbocycles. The van der Waals surface area contributed by atoms with Crippen LogP contribution in [0.15, 0.2) is 38.6 Å². The largest absolute Gasteiger partial charge is 0.497 e. The molecule has 178 valence electrons. The fraction of sp³-hybridized carbons (Fsp3) is 0.440. The lowest BCUT2D eigenvalue weighted by Crippen LogP contribution is -2.27. The highest BCUT2D eigenvalue weighted by atomic mass is 32.2. The Morgan fingerprint density at radius 1 is 1.24 bits per heavy atom. The van der Waals surface area contributed by atoms with Crippen LogP contribution < -0.4 is 10.3 Å². The second kappa shape index (κ2) is 8.85. The summed E-state index contributed by atoms with van der Waals surface area (Å²) >= 11 is 3.10. The lowest BCUT2D eigenvalue weighted by atomic mass is 9.72. The first-order valence-electron chi connectivity index (χ1n) is 11.4. The standard InChI is InChI=1S/C25H28N4O3S2/c1-14-27-28-20(32-14)13-33-24-26-22-21(18-11-6-15(25(2,3)4)12-19(18)34-22)23(30)29(24)16-7-9-17(31-5)10-8-16/h7-10,15H,6,11-13H2,1-5H3. The highest BCUT2D eigenvalue weighted by molar-refractivity contribution is 7.98.